The number of benzene rings is 1. The molecule has 0 aliphatic heterocycles. The van der Waals surface area contributed by atoms with Crippen LogP contribution >= 0.6 is 0 Å². The van der Waals surface area contributed by atoms with Gasteiger partial charge in [-0.25, -0.2) is 4.79 Å². The number of aliphatic hydroxyl groups is 1. The minimum atomic E-state index is -0.456. The van der Waals surface area contributed by atoms with Gasteiger partial charge in [0.2, 0.25) is 0 Å². The summed E-state index contributed by atoms with van der Waals surface area (Å²) in [6.45, 7) is 0.487. The highest BCUT2D eigenvalue weighted by Gasteiger charge is 2.26. The molecule has 1 aromatic heterocycles. The zero-order chi connectivity index (χ0) is 16.9. The van der Waals surface area contributed by atoms with Gasteiger partial charge in [0.05, 0.1) is 18.7 Å². The Morgan fingerprint density at radius 1 is 1.17 bits per heavy atom. The Morgan fingerprint density at radius 2 is 1.96 bits per heavy atom. The van der Waals surface area contributed by atoms with Crippen molar-refractivity contribution in [3.05, 3.63) is 64.6 Å². The van der Waals surface area contributed by atoms with Gasteiger partial charge in [0.25, 0.3) is 5.56 Å². The van der Waals surface area contributed by atoms with Crippen molar-refractivity contribution in [1.82, 2.24) is 9.88 Å². The summed E-state index contributed by atoms with van der Waals surface area (Å²) in [6.07, 6.45) is 3.76. The molecule has 0 saturated heterocycles. The predicted molar refractivity (Wildman–Crippen MR) is 92.0 cm³/mol. The molecule has 1 fully saturated rings. The standard InChI is InChI=1S/C18H21N3O3/c22-16-5-3-4-15(16)20-18(24)19-14-9-7-13(8-10-14)12-21-11-2-1-6-17(21)23/h1-2,6-11,15-16,22H,3-5,12H2,(H2,19,20,24)/t15-,16+/m1/s1. The number of anilines is 1. The molecule has 1 aliphatic carbocycles. The lowest BCUT2D eigenvalue weighted by Gasteiger charge is -2.17. The Kier molecular flexibility index (Phi) is 4.96. The van der Waals surface area contributed by atoms with Gasteiger partial charge in [0.15, 0.2) is 0 Å². The fraction of sp³-hybridized carbons (Fsp3) is 0.333. The molecule has 0 bridgehead atoms. The SMILES string of the molecule is O=C(Nc1ccc(Cn2ccccc2=O)cc1)N[C@@H]1CCC[C@@H]1O. The van der Waals surface area contributed by atoms with Crippen molar-refractivity contribution in [2.45, 2.75) is 38.0 Å². The summed E-state index contributed by atoms with van der Waals surface area (Å²) in [7, 11) is 0. The van der Waals surface area contributed by atoms with E-state index >= 15 is 0 Å². The second kappa shape index (κ2) is 7.31. The summed E-state index contributed by atoms with van der Waals surface area (Å²) >= 11 is 0. The molecule has 0 radical (unpaired) electrons. The van der Waals surface area contributed by atoms with Gasteiger partial charge in [-0.05, 0) is 43.0 Å². The topological polar surface area (TPSA) is 83.4 Å². The number of pyridine rings is 1. The molecule has 2 amide bonds. The van der Waals surface area contributed by atoms with Crippen LogP contribution in [0, 0.1) is 0 Å². The molecule has 0 spiro atoms. The van der Waals surface area contributed by atoms with E-state index in [0.717, 1.165) is 24.8 Å². The highest BCUT2D eigenvalue weighted by atomic mass is 16.3. The number of nitrogens with one attached hydrogen (secondary N) is 2. The average Bonchev–Trinajstić information content (AvgIpc) is 2.96. The first-order valence-corrected chi connectivity index (χ1v) is 8.12. The summed E-state index contributed by atoms with van der Waals surface area (Å²) in [4.78, 5) is 23.7. The third kappa shape index (κ3) is 4.02. The summed E-state index contributed by atoms with van der Waals surface area (Å²) in [5.74, 6) is 0. The van der Waals surface area contributed by atoms with Crippen molar-refractivity contribution in [2.24, 2.45) is 0 Å². The number of urea groups is 1. The molecular weight excluding hydrogens is 306 g/mol. The van der Waals surface area contributed by atoms with Crippen molar-refractivity contribution in [2.75, 3.05) is 5.32 Å². The van der Waals surface area contributed by atoms with E-state index in [1.807, 2.05) is 18.2 Å². The molecule has 24 heavy (non-hydrogen) atoms. The van der Waals surface area contributed by atoms with Crippen molar-refractivity contribution in [3.63, 3.8) is 0 Å². The second-order valence-corrected chi connectivity index (χ2v) is 6.07. The predicted octanol–water partition coefficient (Wildman–Crippen LogP) is 1.93. The van der Waals surface area contributed by atoms with Crippen molar-refractivity contribution in [3.8, 4) is 0 Å². The molecule has 0 unspecified atom stereocenters. The molecule has 2 aromatic rings. The largest absolute Gasteiger partial charge is 0.391 e. The molecule has 126 valence electrons. The molecule has 6 heteroatoms. The van der Waals surface area contributed by atoms with Crippen LogP contribution in [0.25, 0.3) is 0 Å². The van der Waals surface area contributed by atoms with Gasteiger partial charge in [-0.2, -0.15) is 0 Å². The Hall–Kier alpha value is -2.60. The fourth-order valence-electron chi connectivity index (χ4n) is 2.93. The van der Waals surface area contributed by atoms with Gasteiger partial charge in [-0.15, -0.1) is 0 Å². The third-order valence-electron chi connectivity index (χ3n) is 4.26. The summed E-state index contributed by atoms with van der Waals surface area (Å²) in [5, 5.41) is 15.3. The monoisotopic (exact) mass is 327 g/mol. The smallest absolute Gasteiger partial charge is 0.319 e. The van der Waals surface area contributed by atoms with Crippen molar-refractivity contribution >= 4 is 11.7 Å². The van der Waals surface area contributed by atoms with E-state index in [4.69, 9.17) is 0 Å². The van der Waals surface area contributed by atoms with Gasteiger partial charge in [-0.1, -0.05) is 18.2 Å². The van der Waals surface area contributed by atoms with E-state index < -0.39 is 6.10 Å². The van der Waals surface area contributed by atoms with E-state index in [-0.39, 0.29) is 17.6 Å². The van der Waals surface area contributed by atoms with Gasteiger partial charge < -0.3 is 20.3 Å². The Morgan fingerprint density at radius 3 is 2.62 bits per heavy atom. The van der Waals surface area contributed by atoms with E-state index in [1.54, 1.807) is 29.0 Å². The molecule has 6 nitrogen and oxygen atoms in total. The number of carbonyl (C=O) groups is 1. The maximum atomic E-state index is 12.0. The molecule has 3 N–H and O–H groups in total. The quantitative estimate of drug-likeness (QED) is 0.802. The number of aromatic nitrogens is 1. The maximum absolute atomic E-state index is 12.0. The number of hydrogen-bond acceptors (Lipinski definition) is 3. The fourth-order valence-corrected chi connectivity index (χ4v) is 2.93. The van der Waals surface area contributed by atoms with Crippen LogP contribution in [-0.2, 0) is 6.54 Å². The molecular formula is C18H21N3O3. The Bertz CT molecular complexity index is 755. The van der Waals surface area contributed by atoms with Gasteiger partial charge in [0.1, 0.15) is 0 Å². The number of carbonyl (C=O) groups excluding carboxylic acids is 1. The zero-order valence-corrected chi connectivity index (χ0v) is 13.3. The van der Waals surface area contributed by atoms with E-state index in [0.29, 0.717) is 12.2 Å². The number of rotatable bonds is 4. The first-order valence-electron chi connectivity index (χ1n) is 8.12. The van der Waals surface area contributed by atoms with Crippen LogP contribution in [0.5, 0.6) is 0 Å². The maximum Gasteiger partial charge on any atom is 0.319 e. The lowest BCUT2D eigenvalue weighted by atomic mass is 10.2. The minimum Gasteiger partial charge on any atom is -0.391 e. The molecule has 3 rings (SSSR count). The van der Waals surface area contributed by atoms with Crippen LogP contribution in [0.15, 0.2) is 53.5 Å². The van der Waals surface area contributed by atoms with E-state index in [1.165, 1.54) is 6.07 Å². The minimum absolute atomic E-state index is 0.0470. The van der Waals surface area contributed by atoms with Crippen LogP contribution in [0.3, 0.4) is 0 Å². The first-order chi connectivity index (χ1) is 11.6. The van der Waals surface area contributed by atoms with Crippen molar-refractivity contribution in [1.29, 1.82) is 0 Å². The van der Waals surface area contributed by atoms with Crippen molar-refractivity contribution < 1.29 is 9.90 Å². The number of aliphatic hydroxyl groups excluding tert-OH is 1. The second-order valence-electron chi connectivity index (χ2n) is 6.07. The van der Waals surface area contributed by atoms with Crippen LogP contribution < -0.4 is 16.2 Å². The van der Waals surface area contributed by atoms with Gasteiger partial charge in [0, 0.05) is 18.0 Å². The third-order valence-corrected chi connectivity index (χ3v) is 4.26. The van der Waals surface area contributed by atoms with Gasteiger partial charge >= 0.3 is 6.03 Å². The van der Waals surface area contributed by atoms with Crippen LogP contribution in [0.1, 0.15) is 24.8 Å². The average molecular weight is 327 g/mol. The number of amides is 2. The lowest BCUT2D eigenvalue weighted by Crippen LogP contribution is -2.42. The summed E-state index contributed by atoms with van der Waals surface area (Å²) in [6, 6.07) is 11.9. The molecule has 1 heterocycles. The summed E-state index contributed by atoms with van der Waals surface area (Å²) < 4.78 is 1.62. The summed E-state index contributed by atoms with van der Waals surface area (Å²) in [5.41, 5.74) is 1.60. The van der Waals surface area contributed by atoms with Crippen LogP contribution in [0.2, 0.25) is 0 Å². The lowest BCUT2D eigenvalue weighted by molar-refractivity contribution is 0.151. The van der Waals surface area contributed by atoms with Gasteiger partial charge in [-0.3, -0.25) is 4.79 Å². The zero-order valence-electron chi connectivity index (χ0n) is 13.3. The highest BCUT2D eigenvalue weighted by molar-refractivity contribution is 5.89. The molecule has 1 aliphatic rings. The van der Waals surface area contributed by atoms with Crippen LogP contribution in [0.4, 0.5) is 10.5 Å². The van der Waals surface area contributed by atoms with E-state index in [9.17, 15) is 14.7 Å². The first kappa shape index (κ1) is 16.3. The normalized spacial score (nSPS) is 19.9. The molecule has 2 atom stereocenters. The molecule has 1 saturated carbocycles. The highest BCUT2D eigenvalue weighted by Crippen LogP contribution is 2.19. The van der Waals surface area contributed by atoms with E-state index in [2.05, 4.69) is 10.6 Å². The number of nitrogens with zero attached hydrogens (tertiary/aromatic N) is 1. The Labute approximate surface area is 140 Å². The Balaban J connectivity index is 1.57. The van der Waals surface area contributed by atoms with Crippen LogP contribution in [-0.4, -0.2) is 27.9 Å². The molecule has 1 aromatic carbocycles. The number of hydrogen-bond donors (Lipinski definition) is 3.